The minimum absolute atomic E-state index is 0.588. The summed E-state index contributed by atoms with van der Waals surface area (Å²) >= 11 is 0. The summed E-state index contributed by atoms with van der Waals surface area (Å²) in [5, 5.41) is 3.83. The number of hydrogen-bond donors (Lipinski definition) is 1. The van der Waals surface area contributed by atoms with Gasteiger partial charge in [-0.25, -0.2) is 0 Å². The van der Waals surface area contributed by atoms with Crippen LogP contribution in [-0.4, -0.2) is 37.1 Å². The van der Waals surface area contributed by atoms with Gasteiger partial charge < -0.3 is 10.2 Å². The summed E-state index contributed by atoms with van der Waals surface area (Å²) in [5.41, 5.74) is 1.18. The van der Waals surface area contributed by atoms with Crippen molar-refractivity contribution in [3.63, 3.8) is 0 Å². The first-order chi connectivity index (χ1) is 9.98. The van der Waals surface area contributed by atoms with Crippen molar-refractivity contribution in [2.24, 2.45) is 10.8 Å². The van der Waals surface area contributed by atoms with Crippen LogP contribution in [0.5, 0.6) is 0 Å². The Morgan fingerprint density at radius 1 is 0.952 bits per heavy atom. The average molecular weight is 293 g/mol. The van der Waals surface area contributed by atoms with E-state index in [2.05, 4.69) is 31.1 Å². The molecule has 0 aromatic heterocycles. The molecule has 3 aliphatic rings. The maximum absolute atomic E-state index is 3.83. The van der Waals surface area contributed by atoms with Gasteiger partial charge in [-0.3, -0.25) is 0 Å². The Hall–Kier alpha value is -0.0800. The number of rotatable bonds is 6. The third kappa shape index (κ3) is 4.22. The van der Waals surface area contributed by atoms with Crippen LogP contribution in [-0.2, 0) is 0 Å². The SMILES string of the molecule is CN(CC1(CNC2CC2)CCCC1)C1CCC(C)(C)CC1. The molecule has 2 nitrogen and oxygen atoms in total. The van der Waals surface area contributed by atoms with E-state index in [-0.39, 0.29) is 0 Å². The summed E-state index contributed by atoms with van der Waals surface area (Å²) in [7, 11) is 2.40. The van der Waals surface area contributed by atoms with Crippen LogP contribution in [0.25, 0.3) is 0 Å². The van der Waals surface area contributed by atoms with Gasteiger partial charge in [0.2, 0.25) is 0 Å². The Balaban J connectivity index is 1.52. The first kappa shape index (κ1) is 15.8. The highest BCUT2D eigenvalue weighted by molar-refractivity contribution is 4.94. The van der Waals surface area contributed by atoms with E-state index < -0.39 is 0 Å². The van der Waals surface area contributed by atoms with Gasteiger partial charge in [0.25, 0.3) is 0 Å². The molecule has 21 heavy (non-hydrogen) atoms. The van der Waals surface area contributed by atoms with E-state index in [1.807, 2.05) is 0 Å². The van der Waals surface area contributed by atoms with Gasteiger partial charge in [-0.05, 0) is 69.2 Å². The lowest BCUT2D eigenvalue weighted by Crippen LogP contribution is -2.46. The van der Waals surface area contributed by atoms with Gasteiger partial charge >= 0.3 is 0 Å². The van der Waals surface area contributed by atoms with E-state index >= 15 is 0 Å². The van der Waals surface area contributed by atoms with Crippen molar-refractivity contribution < 1.29 is 0 Å². The second-order valence-corrected chi connectivity index (χ2v) is 9.17. The predicted molar refractivity (Wildman–Crippen MR) is 90.6 cm³/mol. The van der Waals surface area contributed by atoms with Gasteiger partial charge in [-0.15, -0.1) is 0 Å². The molecule has 3 fully saturated rings. The van der Waals surface area contributed by atoms with Crippen LogP contribution >= 0.6 is 0 Å². The summed E-state index contributed by atoms with van der Waals surface area (Å²) < 4.78 is 0. The lowest BCUT2D eigenvalue weighted by Gasteiger charge is -2.42. The number of hydrogen-bond acceptors (Lipinski definition) is 2. The second kappa shape index (κ2) is 6.20. The zero-order valence-electron chi connectivity index (χ0n) is 14.6. The molecule has 0 unspecified atom stereocenters. The van der Waals surface area contributed by atoms with Crippen molar-refractivity contribution in [1.29, 1.82) is 0 Å². The summed E-state index contributed by atoms with van der Waals surface area (Å²) in [6.07, 6.45) is 14.3. The highest BCUT2D eigenvalue weighted by Crippen LogP contribution is 2.41. The molecule has 0 aromatic carbocycles. The van der Waals surface area contributed by atoms with Gasteiger partial charge in [0, 0.05) is 25.2 Å². The highest BCUT2D eigenvalue weighted by atomic mass is 15.1. The molecule has 0 radical (unpaired) electrons. The van der Waals surface area contributed by atoms with E-state index in [1.54, 1.807) is 0 Å². The molecule has 122 valence electrons. The lowest BCUT2D eigenvalue weighted by atomic mass is 9.75. The Kier molecular flexibility index (Phi) is 4.66. The summed E-state index contributed by atoms with van der Waals surface area (Å²) in [6.45, 7) is 7.50. The van der Waals surface area contributed by atoms with Gasteiger partial charge in [-0.1, -0.05) is 26.7 Å². The van der Waals surface area contributed by atoms with E-state index in [0.717, 1.165) is 12.1 Å². The number of nitrogens with zero attached hydrogens (tertiary/aromatic N) is 1. The Morgan fingerprint density at radius 2 is 1.57 bits per heavy atom. The topological polar surface area (TPSA) is 15.3 Å². The minimum Gasteiger partial charge on any atom is -0.313 e. The fourth-order valence-electron chi connectivity index (χ4n) is 4.65. The first-order valence-electron chi connectivity index (χ1n) is 9.42. The second-order valence-electron chi connectivity index (χ2n) is 9.17. The molecule has 0 bridgehead atoms. The van der Waals surface area contributed by atoms with Crippen molar-refractivity contribution >= 4 is 0 Å². The molecule has 2 heteroatoms. The molecule has 0 spiro atoms. The van der Waals surface area contributed by atoms with Crippen LogP contribution < -0.4 is 5.32 Å². The summed E-state index contributed by atoms with van der Waals surface area (Å²) in [6, 6.07) is 1.71. The van der Waals surface area contributed by atoms with Crippen LogP contribution in [0.4, 0.5) is 0 Å². The van der Waals surface area contributed by atoms with Gasteiger partial charge in [0.1, 0.15) is 0 Å². The third-order valence-electron chi connectivity index (χ3n) is 6.52. The summed E-state index contributed by atoms with van der Waals surface area (Å²) in [5.74, 6) is 0. The fraction of sp³-hybridized carbons (Fsp3) is 1.00. The fourth-order valence-corrected chi connectivity index (χ4v) is 4.65. The summed E-state index contributed by atoms with van der Waals surface area (Å²) in [4.78, 5) is 2.73. The number of nitrogens with one attached hydrogen (secondary N) is 1. The van der Waals surface area contributed by atoms with E-state index in [9.17, 15) is 0 Å². The van der Waals surface area contributed by atoms with Crippen LogP contribution in [0, 0.1) is 10.8 Å². The van der Waals surface area contributed by atoms with Crippen molar-refractivity contribution in [3.05, 3.63) is 0 Å². The van der Waals surface area contributed by atoms with Crippen molar-refractivity contribution in [2.75, 3.05) is 20.1 Å². The zero-order chi connectivity index (χ0) is 14.9. The van der Waals surface area contributed by atoms with Gasteiger partial charge in [-0.2, -0.15) is 0 Å². The van der Waals surface area contributed by atoms with Crippen LogP contribution in [0.2, 0.25) is 0 Å². The van der Waals surface area contributed by atoms with Crippen molar-refractivity contribution in [3.8, 4) is 0 Å². The average Bonchev–Trinajstić information content (AvgIpc) is 3.16. The largest absolute Gasteiger partial charge is 0.313 e. The molecule has 0 amide bonds. The molecule has 0 aromatic rings. The van der Waals surface area contributed by atoms with Crippen LogP contribution in [0.15, 0.2) is 0 Å². The molecular weight excluding hydrogens is 256 g/mol. The standard InChI is InChI=1S/C19H36N2/c1-18(2)12-8-17(9-13-18)21(3)15-19(10-4-5-11-19)14-20-16-6-7-16/h16-17,20H,4-15H2,1-3H3. The maximum Gasteiger partial charge on any atom is 0.00928 e. The first-order valence-corrected chi connectivity index (χ1v) is 9.42. The minimum atomic E-state index is 0.588. The van der Waals surface area contributed by atoms with E-state index in [1.165, 1.54) is 77.3 Å². The van der Waals surface area contributed by atoms with Crippen molar-refractivity contribution in [2.45, 2.75) is 90.1 Å². The smallest absolute Gasteiger partial charge is 0.00928 e. The maximum atomic E-state index is 3.83. The van der Waals surface area contributed by atoms with Crippen LogP contribution in [0.1, 0.15) is 78.1 Å². The van der Waals surface area contributed by atoms with E-state index in [4.69, 9.17) is 0 Å². The molecule has 3 saturated carbocycles. The molecule has 0 heterocycles. The van der Waals surface area contributed by atoms with E-state index in [0.29, 0.717) is 10.8 Å². The predicted octanol–water partition coefficient (Wildman–Crippen LogP) is 4.20. The normalized spacial score (nSPS) is 29.1. The molecule has 1 N–H and O–H groups in total. The molecule has 3 aliphatic carbocycles. The zero-order valence-corrected chi connectivity index (χ0v) is 14.6. The molecule has 0 atom stereocenters. The van der Waals surface area contributed by atoms with Gasteiger partial charge in [0.05, 0.1) is 0 Å². The molecule has 0 aliphatic heterocycles. The molecule has 3 rings (SSSR count). The van der Waals surface area contributed by atoms with Crippen molar-refractivity contribution in [1.82, 2.24) is 10.2 Å². The third-order valence-corrected chi connectivity index (χ3v) is 6.52. The highest BCUT2D eigenvalue weighted by Gasteiger charge is 2.38. The molecular formula is C19H36N2. The Labute approximate surface area is 132 Å². The quantitative estimate of drug-likeness (QED) is 0.789. The monoisotopic (exact) mass is 292 g/mol. The van der Waals surface area contributed by atoms with Gasteiger partial charge in [0.15, 0.2) is 0 Å². The lowest BCUT2D eigenvalue weighted by molar-refractivity contribution is 0.0840. The van der Waals surface area contributed by atoms with Crippen LogP contribution in [0.3, 0.4) is 0 Å². The Morgan fingerprint density at radius 3 is 2.14 bits per heavy atom. The molecule has 0 saturated heterocycles. The Bertz CT molecular complexity index is 329.